The third-order valence-corrected chi connectivity index (χ3v) is 2.19. The van der Waals surface area contributed by atoms with E-state index in [1.165, 1.54) is 6.20 Å². The molecule has 1 aromatic heterocycles. The number of ether oxygens (including phenoxy) is 2. The average molecular weight is 205 g/mol. The summed E-state index contributed by atoms with van der Waals surface area (Å²) >= 11 is 0. The maximum atomic E-state index is 8.84. The van der Waals surface area contributed by atoms with Crippen molar-refractivity contribution in [2.45, 2.75) is 12.5 Å². The minimum Gasteiger partial charge on any atom is -0.486 e. The number of anilines is 1. The average Bonchev–Trinajstić information content (AvgIpc) is 2.71. The molecule has 2 rings (SSSR count). The summed E-state index contributed by atoms with van der Waals surface area (Å²) in [5, 5.41) is 8.84. The Kier molecular flexibility index (Phi) is 2.70. The van der Waals surface area contributed by atoms with Crippen LogP contribution in [0.1, 0.15) is 12.0 Å². The molecule has 0 aliphatic carbocycles. The van der Waals surface area contributed by atoms with Gasteiger partial charge in [-0.2, -0.15) is 5.26 Å². The van der Waals surface area contributed by atoms with Gasteiger partial charge in [-0.05, 0) is 0 Å². The van der Waals surface area contributed by atoms with Crippen LogP contribution in [0.2, 0.25) is 0 Å². The number of aromatic nitrogens is 1. The Labute approximate surface area is 87.4 Å². The molecular weight excluding hydrogens is 194 g/mol. The van der Waals surface area contributed by atoms with Crippen LogP contribution in [0.5, 0.6) is 5.75 Å². The number of nitrogens with zero attached hydrogens (tertiary/aromatic N) is 2. The molecule has 1 atom stereocenters. The fraction of sp³-hybridized carbons (Fsp3) is 0.400. The van der Waals surface area contributed by atoms with Crippen molar-refractivity contribution in [3.8, 4) is 11.8 Å². The summed E-state index contributed by atoms with van der Waals surface area (Å²) in [4.78, 5) is 3.83. The fourth-order valence-corrected chi connectivity index (χ4v) is 1.42. The van der Waals surface area contributed by atoms with E-state index in [1.54, 1.807) is 6.07 Å². The molecule has 0 aromatic carbocycles. The molecule has 1 aliphatic rings. The first-order chi connectivity index (χ1) is 7.29. The van der Waals surface area contributed by atoms with E-state index in [4.69, 9.17) is 20.5 Å². The van der Waals surface area contributed by atoms with Crippen molar-refractivity contribution in [1.29, 1.82) is 5.26 Å². The second kappa shape index (κ2) is 4.15. The molecule has 0 amide bonds. The Balaban J connectivity index is 2.18. The molecule has 2 N–H and O–H groups in total. The minimum atomic E-state index is 0.0129. The van der Waals surface area contributed by atoms with Crippen molar-refractivity contribution in [2.75, 3.05) is 18.9 Å². The quantitative estimate of drug-likeness (QED) is 0.768. The van der Waals surface area contributed by atoms with E-state index in [-0.39, 0.29) is 6.10 Å². The van der Waals surface area contributed by atoms with Crippen molar-refractivity contribution >= 4 is 5.82 Å². The first-order valence-electron chi connectivity index (χ1n) is 4.69. The number of rotatable bonds is 2. The van der Waals surface area contributed by atoms with Crippen LogP contribution in [0.25, 0.3) is 0 Å². The van der Waals surface area contributed by atoms with Gasteiger partial charge in [0.2, 0.25) is 0 Å². The van der Waals surface area contributed by atoms with E-state index in [0.29, 0.717) is 30.3 Å². The van der Waals surface area contributed by atoms with E-state index in [0.717, 1.165) is 6.42 Å². The third-order valence-electron chi connectivity index (χ3n) is 2.19. The highest BCUT2D eigenvalue weighted by molar-refractivity contribution is 5.47. The first-order valence-corrected chi connectivity index (χ1v) is 4.69. The lowest BCUT2D eigenvalue weighted by atomic mass is 10.2. The smallest absolute Gasteiger partial charge is 0.142 e. The van der Waals surface area contributed by atoms with Gasteiger partial charge in [0.25, 0.3) is 0 Å². The molecule has 0 radical (unpaired) electrons. The largest absolute Gasteiger partial charge is 0.486 e. The lowest BCUT2D eigenvalue weighted by molar-refractivity contribution is 0.141. The lowest BCUT2D eigenvalue weighted by Gasteiger charge is -2.12. The number of nitriles is 1. The molecule has 0 unspecified atom stereocenters. The van der Waals surface area contributed by atoms with Gasteiger partial charge in [0.15, 0.2) is 0 Å². The Morgan fingerprint density at radius 3 is 3.20 bits per heavy atom. The van der Waals surface area contributed by atoms with Crippen LogP contribution in [-0.4, -0.2) is 24.3 Å². The molecule has 1 aliphatic heterocycles. The summed E-state index contributed by atoms with van der Waals surface area (Å²) in [6, 6.07) is 3.58. The number of nitrogen functional groups attached to an aromatic ring is 1. The number of hydrogen-bond donors (Lipinski definition) is 1. The Hall–Kier alpha value is -1.80. The summed E-state index contributed by atoms with van der Waals surface area (Å²) in [6.07, 6.45) is 2.27. The second-order valence-electron chi connectivity index (χ2n) is 3.32. The molecule has 15 heavy (non-hydrogen) atoms. The summed E-state index contributed by atoms with van der Waals surface area (Å²) in [7, 11) is 0. The van der Waals surface area contributed by atoms with E-state index in [9.17, 15) is 0 Å². The van der Waals surface area contributed by atoms with Gasteiger partial charge < -0.3 is 15.2 Å². The molecule has 78 valence electrons. The zero-order chi connectivity index (χ0) is 10.7. The number of hydrogen-bond acceptors (Lipinski definition) is 5. The SMILES string of the molecule is N#Cc1cnc(N)cc1O[C@H]1CCOC1. The summed E-state index contributed by atoms with van der Waals surface area (Å²) < 4.78 is 10.8. The van der Waals surface area contributed by atoms with E-state index in [2.05, 4.69) is 4.98 Å². The van der Waals surface area contributed by atoms with Gasteiger partial charge >= 0.3 is 0 Å². The summed E-state index contributed by atoms with van der Waals surface area (Å²) in [5.41, 5.74) is 5.92. The van der Waals surface area contributed by atoms with Crippen LogP contribution in [0.15, 0.2) is 12.3 Å². The van der Waals surface area contributed by atoms with Gasteiger partial charge in [-0.3, -0.25) is 0 Å². The molecule has 0 bridgehead atoms. The number of pyridine rings is 1. The molecule has 0 saturated carbocycles. The summed E-state index contributed by atoms with van der Waals surface area (Å²) in [6.45, 7) is 1.26. The predicted molar refractivity (Wildman–Crippen MR) is 53.2 cm³/mol. The maximum Gasteiger partial charge on any atom is 0.142 e. The molecule has 1 fully saturated rings. The van der Waals surface area contributed by atoms with Gasteiger partial charge in [-0.1, -0.05) is 0 Å². The summed E-state index contributed by atoms with van der Waals surface area (Å²) in [5.74, 6) is 0.836. The molecule has 2 heterocycles. The molecule has 1 saturated heterocycles. The zero-order valence-corrected chi connectivity index (χ0v) is 8.14. The topological polar surface area (TPSA) is 81.2 Å². The van der Waals surface area contributed by atoms with Crippen molar-refractivity contribution < 1.29 is 9.47 Å². The van der Waals surface area contributed by atoms with Gasteiger partial charge in [0.05, 0.1) is 19.4 Å². The van der Waals surface area contributed by atoms with Gasteiger partial charge in [0.1, 0.15) is 29.3 Å². The Morgan fingerprint density at radius 2 is 2.53 bits per heavy atom. The van der Waals surface area contributed by atoms with Crippen LogP contribution in [0.4, 0.5) is 5.82 Å². The predicted octanol–water partition coefficient (Wildman–Crippen LogP) is 0.703. The van der Waals surface area contributed by atoms with Crippen molar-refractivity contribution in [2.24, 2.45) is 0 Å². The monoisotopic (exact) mass is 205 g/mol. The number of nitrogens with two attached hydrogens (primary N) is 1. The zero-order valence-electron chi connectivity index (χ0n) is 8.14. The normalized spacial score (nSPS) is 19.8. The minimum absolute atomic E-state index is 0.0129. The van der Waals surface area contributed by atoms with E-state index >= 15 is 0 Å². The first kappa shape index (κ1) is 9.74. The Morgan fingerprint density at radius 1 is 1.67 bits per heavy atom. The highest BCUT2D eigenvalue weighted by Gasteiger charge is 2.18. The van der Waals surface area contributed by atoms with Crippen LogP contribution >= 0.6 is 0 Å². The van der Waals surface area contributed by atoms with Crippen LogP contribution in [-0.2, 0) is 4.74 Å². The van der Waals surface area contributed by atoms with Crippen molar-refractivity contribution in [1.82, 2.24) is 4.98 Å². The standard InChI is InChI=1S/C10H11N3O2/c11-4-7-5-13-10(12)3-9(7)15-8-1-2-14-6-8/h3,5,8H,1-2,6H2,(H2,12,13)/t8-/m0/s1. The van der Waals surface area contributed by atoms with Crippen molar-refractivity contribution in [3.63, 3.8) is 0 Å². The van der Waals surface area contributed by atoms with Crippen LogP contribution in [0.3, 0.4) is 0 Å². The molecule has 5 heteroatoms. The fourth-order valence-electron chi connectivity index (χ4n) is 1.42. The highest BCUT2D eigenvalue weighted by Crippen LogP contribution is 2.22. The third kappa shape index (κ3) is 2.17. The lowest BCUT2D eigenvalue weighted by Crippen LogP contribution is -2.16. The molecule has 0 spiro atoms. The molecule has 1 aromatic rings. The second-order valence-corrected chi connectivity index (χ2v) is 3.32. The Bertz CT molecular complexity index is 394. The van der Waals surface area contributed by atoms with Crippen LogP contribution in [0, 0.1) is 11.3 Å². The molecule has 5 nitrogen and oxygen atoms in total. The maximum absolute atomic E-state index is 8.84. The van der Waals surface area contributed by atoms with Gasteiger partial charge in [0, 0.05) is 12.5 Å². The van der Waals surface area contributed by atoms with Gasteiger partial charge in [-0.25, -0.2) is 4.98 Å². The van der Waals surface area contributed by atoms with Crippen molar-refractivity contribution in [3.05, 3.63) is 17.8 Å². The van der Waals surface area contributed by atoms with Gasteiger partial charge in [-0.15, -0.1) is 0 Å². The van der Waals surface area contributed by atoms with E-state index < -0.39 is 0 Å². The van der Waals surface area contributed by atoms with E-state index in [1.807, 2.05) is 6.07 Å². The van der Waals surface area contributed by atoms with Crippen LogP contribution < -0.4 is 10.5 Å². The molecular formula is C10H11N3O2. The highest BCUT2D eigenvalue weighted by atomic mass is 16.5.